The maximum Gasteiger partial charge on any atom is 0.258 e. The van der Waals surface area contributed by atoms with Crippen molar-refractivity contribution < 1.29 is 27.6 Å². The highest BCUT2D eigenvalue weighted by Gasteiger charge is 2.29. The quantitative estimate of drug-likeness (QED) is 0.241. The second kappa shape index (κ2) is 11.6. The van der Waals surface area contributed by atoms with Crippen molar-refractivity contribution in [2.24, 2.45) is 0 Å². The van der Waals surface area contributed by atoms with E-state index in [4.69, 9.17) is 14.4 Å². The van der Waals surface area contributed by atoms with Crippen LogP contribution in [-0.2, 0) is 28.0 Å². The largest absolute Gasteiger partial charge is 0.487 e. The number of nitrogens with one attached hydrogen (secondary N) is 1. The van der Waals surface area contributed by atoms with Gasteiger partial charge in [-0.1, -0.05) is 24.3 Å². The summed E-state index contributed by atoms with van der Waals surface area (Å²) in [7, 11) is -4.19. The molecule has 0 bridgehead atoms. The summed E-state index contributed by atoms with van der Waals surface area (Å²) < 4.78 is 40.4. The van der Waals surface area contributed by atoms with Gasteiger partial charge in [-0.15, -0.1) is 12.4 Å². The van der Waals surface area contributed by atoms with Gasteiger partial charge in [-0.2, -0.15) is 9.40 Å². The van der Waals surface area contributed by atoms with E-state index < -0.39 is 22.5 Å². The first-order valence-corrected chi connectivity index (χ1v) is 11.5. The van der Waals surface area contributed by atoms with Crippen LogP contribution in [0.5, 0.6) is 5.75 Å². The van der Waals surface area contributed by atoms with Crippen LogP contribution in [0.3, 0.4) is 0 Å². The van der Waals surface area contributed by atoms with Crippen LogP contribution in [0.1, 0.15) is 11.1 Å². The molecule has 184 valence electrons. The molecule has 2 N–H and O–H groups in total. The predicted molar refractivity (Wildman–Crippen MR) is 126 cm³/mol. The number of carbonyl (C=O) groups is 1. The Balaban J connectivity index is 0.00000342. The van der Waals surface area contributed by atoms with E-state index in [2.05, 4.69) is 10.1 Å². The molecule has 2 heterocycles. The first-order chi connectivity index (χ1) is 16.5. The molecule has 0 saturated carbocycles. The standard InChI is InChI=1S/C22H21N5O6S.ClH/c28-22(25-29)12-26(11-17-5-7-19(8-6-17)27-16-23-15-24-27)34(30,31)21-4-2-1-3-20(21)33-14-18-9-10-32-13-18;/h1-10,13,15-16,29H,11-12,14H2,(H,25,28);1H. The molecule has 0 atom stereocenters. The van der Waals surface area contributed by atoms with Gasteiger partial charge in [-0.3, -0.25) is 10.0 Å². The van der Waals surface area contributed by atoms with Gasteiger partial charge in [-0.05, 0) is 35.9 Å². The van der Waals surface area contributed by atoms with Gasteiger partial charge >= 0.3 is 0 Å². The lowest BCUT2D eigenvalue weighted by atomic mass is 10.2. The summed E-state index contributed by atoms with van der Waals surface area (Å²) in [5, 5.41) is 13.1. The monoisotopic (exact) mass is 519 g/mol. The number of ether oxygens (including phenoxy) is 1. The maximum atomic E-state index is 13.6. The highest BCUT2D eigenvalue weighted by Crippen LogP contribution is 2.28. The first-order valence-electron chi connectivity index (χ1n) is 10.1. The lowest BCUT2D eigenvalue weighted by Crippen LogP contribution is -2.39. The van der Waals surface area contributed by atoms with Gasteiger partial charge in [0.15, 0.2) is 0 Å². The second-order valence-corrected chi connectivity index (χ2v) is 9.09. The topological polar surface area (TPSA) is 140 Å². The maximum absolute atomic E-state index is 13.6. The Kier molecular flexibility index (Phi) is 8.60. The van der Waals surface area contributed by atoms with Gasteiger partial charge in [-0.25, -0.2) is 23.6 Å². The van der Waals surface area contributed by atoms with Crippen molar-refractivity contribution in [3.8, 4) is 11.4 Å². The molecule has 2 aromatic carbocycles. The fraction of sp³-hybridized carbons (Fsp3) is 0.136. The molecule has 0 radical (unpaired) electrons. The molecule has 4 aromatic rings. The first kappa shape index (κ1) is 25.9. The molecular weight excluding hydrogens is 498 g/mol. The lowest BCUT2D eigenvalue weighted by Gasteiger charge is -2.23. The SMILES string of the molecule is Cl.O=C(CN(Cc1ccc(-n2cncn2)cc1)S(=O)(=O)c1ccccc1OCc1ccoc1)NO. The summed E-state index contributed by atoms with van der Waals surface area (Å²) in [6, 6.07) is 14.8. The van der Waals surface area contributed by atoms with E-state index in [1.54, 1.807) is 47.1 Å². The lowest BCUT2D eigenvalue weighted by molar-refractivity contribution is -0.129. The number of amides is 1. The zero-order valence-corrected chi connectivity index (χ0v) is 19.9. The fourth-order valence-corrected chi connectivity index (χ4v) is 4.69. The minimum atomic E-state index is -4.19. The Labute approximate surface area is 207 Å². The zero-order chi connectivity index (χ0) is 24.0. The summed E-state index contributed by atoms with van der Waals surface area (Å²) in [5.74, 6) is -0.751. The number of benzene rings is 2. The van der Waals surface area contributed by atoms with Crippen molar-refractivity contribution in [1.82, 2.24) is 24.5 Å². The highest BCUT2D eigenvalue weighted by atomic mass is 35.5. The van der Waals surface area contributed by atoms with E-state index in [-0.39, 0.29) is 36.2 Å². The molecule has 11 nitrogen and oxygen atoms in total. The number of furan rings is 1. The minimum Gasteiger partial charge on any atom is -0.487 e. The number of rotatable bonds is 10. The Bertz CT molecular complexity index is 1330. The number of sulfonamides is 1. The summed E-state index contributed by atoms with van der Waals surface area (Å²) in [5.41, 5.74) is 3.58. The Morgan fingerprint density at radius 2 is 1.89 bits per heavy atom. The van der Waals surface area contributed by atoms with Gasteiger partial charge in [0.05, 0.1) is 24.8 Å². The normalized spacial score (nSPS) is 11.1. The smallest absolute Gasteiger partial charge is 0.258 e. The fourth-order valence-electron chi connectivity index (χ4n) is 3.18. The average molecular weight is 520 g/mol. The third-order valence-electron chi connectivity index (χ3n) is 4.86. The van der Waals surface area contributed by atoms with E-state index in [0.29, 0.717) is 5.56 Å². The Morgan fingerprint density at radius 3 is 2.54 bits per heavy atom. The number of aromatic nitrogens is 3. The zero-order valence-electron chi connectivity index (χ0n) is 18.2. The predicted octanol–water partition coefficient (Wildman–Crippen LogP) is 2.56. The molecule has 0 aliphatic rings. The van der Waals surface area contributed by atoms with Crippen molar-refractivity contribution in [2.75, 3.05) is 6.54 Å². The highest BCUT2D eigenvalue weighted by molar-refractivity contribution is 7.89. The number of para-hydroxylation sites is 1. The van der Waals surface area contributed by atoms with Crippen molar-refractivity contribution >= 4 is 28.3 Å². The third kappa shape index (κ3) is 6.25. The molecule has 0 saturated heterocycles. The number of halogens is 1. The van der Waals surface area contributed by atoms with E-state index in [1.807, 2.05) is 0 Å². The number of nitrogens with zero attached hydrogens (tertiary/aromatic N) is 4. The molecule has 2 aromatic heterocycles. The van der Waals surface area contributed by atoms with Crippen LogP contribution < -0.4 is 10.2 Å². The Morgan fingerprint density at radius 1 is 1.11 bits per heavy atom. The summed E-state index contributed by atoms with van der Waals surface area (Å²) in [6.45, 7) is -0.618. The van der Waals surface area contributed by atoms with Crippen LogP contribution in [0, 0.1) is 0 Å². The number of hydrogen-bond donors (Lipinski definition) is 2. The molecule has 35 heavy (non-hydrogen) atoms. The number of carbonyl (C=O) groups excluding carboxylic acids is 1. The molecular formula is C22H22ClN5O6S. The van der Waals surface area contributed by atoms with Crippen molar-refractivity contribution in [1.29, 1.82) is 0 Å². The second-order valence-electron chi connectivity index (χ2n) is 7.18. The van der Waals surface area contributed by atoms with Crippen LogP contribution in [0.2, 0.25) is 0 Å². The van der Waals surface area contributed by atoms with Gasteiger partial charge in [0.2, 0.25) is 10.0 Å². The molecule has 0 aliphatic carbocycles. The number of hydrogen-bond acceptors (Lipinski definition) is 8. The van der Waals surface area contributed by atoms with Crippen LogP contribution in [0.15, 0.2) is 89.1 Å². The van der Waals surface area contributed by atoms with Crippen molar-refractivity contribution in [2.45, 2.75) is 18.0 Å². The number of hydroxylamine groups is 1. The molecule has 0 unspecified atom stereocenters. The molecule has 0 fully saturated rings. The van der Waals surface area contributed by atoms with E-state index in [1.165, 1.54) is 42.8 Å². The average Bonchev–Trinajstić information content (AvgIpc) is 3.57. The van der Waals surface area contributed by atoms with Crippen LogP contribution in [0.4, 0.5) is 0 Å². The van der Waals surface area contributed by atoms with Crippen LogP contribution in [-0.4, -0.2) is 45.1 Å². The van der Waals surface area contributed by atoms with Gasteiger partial charge < -0.3 is 9.15 Å². The minimum absolute atomic E-state index is 0. The van der Waals surface area contributed by atoms with E-state index >= 15 is 0 Å². The van der Waals surface area contributed by atoms with E-state index in [0.717, 1.165) is 15.6 Å². The van der Waals surface area contributed by atoms with E-state index in [9.17, 15) is 13.2 Å². The molecule has 1 amide bonds. The summed E-state index contributed by atoms with van der Waals surface area (Å²) in [6.07, 6.45) is 5.93. The van der Waals surface area contributed by atoms with Gasteiger partial charge in [0.1, 0.15) is 29.9 Å². The van der Waals surface area contributed by atoms with Gasteiger partial charge in [0.25, 0.3) is 5.91 Å². The molecule has 13 heteroatoms. The molecule has 4 rings (SSSR count). The molecule has 0 spiro atoms. The molecule has 0 aliphatic heterocycles. The van der Waals surface area contributed by atoms with Crippen LogP contribution >= 0.6 is 12.4 Å². The summed E-state index contributed by atoms with van der Waals surface area (Å²) >= 11 is 0. The van der Waals surface area contributed by atoms with Crippen molar-refractivity contribution in [3.05, 3.63) is 90.9 Å². The van der Waals surface area contributed by atoms with Crippen molar-refractivity contribution in [3.63, 3.8) is 0 Å². The Hall–Kier alpha value is -3.71. The van der Waals surface area contributed by atoms with Crippen LogP contribution in [0.25, 0.3) is 5.69 Å². The third-order valence-corrected chi connectivity index (χ3v) is 6.70. The van der Waals surface area contributed by atoms with Gasteiger partial charge in [0, 0.05) is 12.1 Å². The summed E-state index contributed by atoms with van der Waals surface area (Å²) in [4.78, 5) is 15.7.